The highest BCUT2D eigenvalue weighted by atomic mass is 32.2. The number of anilines is 2. The van der Waals surface area contributed by atoms with Crippen molar-refractivity contribution < 1.29 is 0 Å². The largest absolute Gasteiger partial charge is 0.324 e. The molecule has 1 aliphatic rings. The Morgan fingerprint density at radius 1 is 1.22 bits per heavy atom. The average molecular weight is 377 g/mol. The smallest absolute Gasteiger partial charge is 0.227 e. The minimum absolute atomic E-state index is 0.473. The fraction of sp³-hybridized carbons (Fsp3) is 0.316. The molecule has 27 heavy (non-hydrogen) atoms. The number of thioether (sulfide) groups is 1. The van der Waals surface area contributed by atoms with E-state index in [1.54, 1.807) is 6.33 Å². The van der Waals surface area contributed by atoms with E-state index in [2.05, 4.69) is 20.3 Å². The van der Waals surface area contributed by atoms with Gasteiger partial charge in [0.1, 0.15) is 17.4 Å². The van der Waals surface area contributed by atoms with Gasteiger partial charge < -0.3 is 5.32 Å². The molecule has 7 nitrogen and oxygen atoms in total. The number of hydrogen-bond acceptors (Lipinski definition) is 7. The number of fused-ring (bicyclic) bond motifs is 2. The second-order valence-electron chi connectivity index (χ2n) is 6.87. The van der Waals surface area contributed by atoms with Gasteiger partial charge in [-0.25, -0.2) is 19.9 Å². The Labute approximate surface area is 160 Å². The van der Waals surface area contributed by atoms with Crippen LogP contribution >= 0.6 is 11.8 Å². The fourth-order valence-electron chi connectivity index (χ4n) is 3.54. The first kappa shape index (κ1) is 16.4. The van der Waals surface area contributed by atoms with Gasteiger partial charge in [0.15, 0.2) is 0 Å². The summed E-state index contributed by atoms with van der Waals surface area (Å²) in [6.45, 7) is 2.05. The van der Waals surface area contributed by atoms with Crippen LogP contribution in [0.4, 0.5) is 11.6 Å². The van der Waals surface area contributed by atoms with Crippen LogP contribution in [0.5, 0.6) is 0 Å². The monoisotopic (exact) mass is 377 g/mol. The van der Waals surface area contributed by atoms with E-state index in [-0.39, 0.29) is 0 Å². The van der Waals surface area contributed by atoms with Crippen molar-refractivity contribution in [2.75, 3.05) is 16.8 Å². The van der Waals surface area contributed by atoms with E-state index in [9.17, 15) is 0 Å². The van der Waals surface area contributed by atoms with Crippen molar-refractivity contribution in [1.29, 1.82) is 0 Å². The molecule has 0 saturated carbocycles. The van der Waals surface area contributed by atoms with Gasteiger partial charge in [0.05, 0.1) is 17.4 Å². The maximum absolute atomic E-state index is 4.81. The molecule has 1 saturated heterocycles. The van der Waals surface area contributed by atoms with Crippen LogP contribution in [0.25, 0.3) is 21.9 Å². The Balaban J connectivity index is 1.55. The molecule has 1 unspecified atom stereocenters. The molecule has 1 aliphatic heterocycles. The lowest BCUT2D eigenvalue weighted by atomic mass is 10.0. The molecule has 1 fully saturated rings. The summed E-state index contributed by atoms with van der Waals surface area (Å²) < 4.78 is 1.88. The van der Waals surface area contributed by atoms with Crippen LogP contribution < -0.4 is 5.32 Å². The molecular formula is C19H19N7S. The van der Waals surface area contributed by atoms with Crippen LogP contribution in [-0.2, 0) is 7.05 Å². The molecule has 4 heterocycles. The molecule has 3 aromatic heterocycles. The minimum Gasteiger partial charge on any atom is -0.324 e. The molecule has 5 rings (SSSR count). The quantitative estimate of drug-likeness (QED) is 0.584. The molecule has 0 aliphatic carbocycles. The molecule has 4 aromatic rings. The van der Waals surface area contributed by atoms with Gasteiger partial charge >= 0.3 is 0 Å². The average Bonchev–Trinajstić information content (AvgIpc) is 3.30. The first-order valence-electron chi connectivity index (χ1n) is 8.94. The molecule has 1 N–H and O–H groups in total. The van der Waals surface area contributed by atoms with Crippen molar-refractivity contribution in [2.45, 2.75) is 19.3 Å². The number of nitrogens with one attached hydrogen (secondary N) is 1. The van der Waals surface area contributed by atoms with Gasteiger partial charge in [-0.1, -0.05) is 0 Å². The lowest BCUT2D eigenvalue weighted by molar-refractivity contribution is 0.699. The third-order valence-electron chi connectivity index (χ3n) is 5.03. The zero-order valence-electron chi connectivity index (χ0n) is 15.2. The Kier molecular flexibility index (Phi) is 3.93. The van der Waals surface area contributed by atoms with Gasteiger partial charge in [-0.2, -0.15) is 16.9 Å². The summed E-state index contributed by atoms with van der Waals surface area (Å²) in [4.78, 5) is 17.7. The molecule has 0 radical (unpaired) electrons. The zero-order chi connectivity index (χ0) is 18.4. The summed E-state index contributed by atoms with van der Waals surface area (Å²) in [6.07, 6.45) is 6.39. The Bertz CT molecular complexity index is 1150. The van der Waals surface area contributed by atoms with Crippen LogP contribution in [0.3, 0.4) is 0 Å². The first-order valence-corrected chi connectivity index (χ1v) is 10.1. The van der Waals surface area contributed by atoms with Gasteiger partial charge in [0.2, 0.25) is 5.95 Å². The lowest BCUT2D eigenvalue weighted by Crippen LogP contribution is -2.01. The summed E-state index contributed by atoms with van der Waals surface area (Å²) in [5, 5.41) is 9.08. The first-order chi connectivity index (χ1) is 13.2. The molecule has 0 spiro atoms. The van der Waals surface area contributed by atoms with Crippen molar-refractivity contribution in [3.63, 3.8) is 0 Å². The lowest BCUT2D eigenvalue weighted by Gasteiger charge is -2.10. The fourth-order valence-corrected chi connectivity index (χ4v) is 4.76. The van der Waals surface area contributed by atoms with E-state index in [1.165, 1.54) is 5.75 Å². The van der Waals surface area contributed by atoms with Gasteiger partial charge in [-0.3, -0.25) is 4.68 Å². The predicted octanol–water partition coefficient (Wildman–Crippen LogP) is 3.58. The molecule has 1 atom stereocenters. The van der Waals surface area contributed by atoms with Crippen LogP contribution in [0.15, 0.2) is 30.9 Å². The number of nitrogens with zero attached hydrogens (tertiary/aromatic N) is 6. The zero-order valence-corrected chi connectivity index (χ0v) is 16.0. The summed E-state index contributed by atoms with van der Waals surface area (Å²) >= 11 is 1.98. The standard InChI is InChI=1S/C19H19N7S/c1-11-5-15-13(7-20-10-22-15)6-14(11)23-19-21-8-16-18(24-19)17(25-26(16)2)12-3-4-27-9-12/h5-8,10,12H,3-4,9H2,1-2H3,(H,21,23,24). The van der Waals surface area contributed by atoms with E-state index in [1.807, 2.05) is 54.9 Å². The molecule has 136 valence electrons. The summed E-state index contributed by atoms with van der Waals surface area (Å²) in [5.74, 6) is 3.36. The van der Waals surface area contributed by atoms with Crippen LogP contribution in [-0.4, -0.2) is 41.2 Å². The number of benzene rings is 1. The van der Waals surface area contributed by atoms with Crippen molar-refractivity contribution in [3.8, 4) is 0 Å². The number of rotatable bonds is 3. The van der Waals surface area contributed by atoms with Crippen LogP contribution in [0.2, 0.25) is 0 Å². The highest BCUT2D eigenvalue weighted by Gasteiger charge is 2.24. The molecular weight excluding hydrogens is 358 g/mol. The predicted molar refractivity (Wildman–Crippen MR) is 109 cm³/mol. The number of aromatic nitrogens is 6. The SMILES string of the molecule is Cc1cc2ncncc2cc1Nc1ncc2c(n1)c(C1CCSC1)nn2C. The van der Waals surface area contributed by atoms with Gasteiger partial charge in [-0.05, 0) is 36.8 Å². The van der Waals surface area contributed by atoms with E-state index >= 15 is 0 Å². The molecule has 1 aromatic carbocycles. The second kappa shape index (κ2) is 6.45. The van der Waals surface area contributed by atoms with Gasteiger partial charge in [-0.15, -0.1) is 0 Å². The van der Waals surface area contributed by atoms with E-state index in [0.717, 1.165) is 51.1 Å². The highest BCUT2D eigenvalue weighted by Crippen LogP contribution is 2.35. The van der Waals surface area contributed by atoms with Crippen LogP contribution in [0.1, 0.15) is 23.6 Å². The normalized spacial score (nSPS) is 17.0. The third-order valence-corrected chi connectivity index (χ3v) is 6.19. The van der Waals surface area contributed by atoms with E-state index in [4.69, 9.17) is 10.1 Å². The molecule has 0 bridgehead atoms. The summed E-state index contributed by atoms with van der Waals surface area (Å²) in [6, 6.07) is 4.08. The number of hydrogen-bond donors (Lipinski definition) is 1. The Morgan fingerprint density at radius 3 is 3.00 bits per heavy atom. The third kappa shape index (κ3) is 2.90. The van der Waals surface area contributed by atoms with Gasteiger partial charge in [0.25, 0.3) is 0 Å². The topological polar surface area (TPSA) is 81.4 Å². The van der Waals surface area contributed by atoms with Crippen LogP contribution in [0, 0.1) is 6.92 Å². The van der Waals surface area contributed by atoms with Crippen molar-refractivity contribution in [3.05, 3.63) is 42.1 Å². The summed E-state index contributed by atoms with van der Waals surface area (Å²) in [5.41, 5.74) is 5.98. The molecule has 8 heteroatoms. The maximum Gasteiger partial charge on any atom is 0.227 e. The highest BCUT2D eigenvalue weighted by molar-refractivity contribution is 7.99. The van der Waals surface area contributed by atoms with Crippen molar-refractivity contribution in [2.24, 2.45) is 7.05 Å². The Hall–Kier alpha value is -2.74. The van der Waals surface area contributed by atoms with E-state index in [0.29, 0.717) is 11.9 Å². The Morgan fingerprint density at radius 2 is 2.15 bits per heavy atom. The maximum atomic E-state index is 4.81. The van der Waals surface area contributed by atoms with Crippen molar-refractivity contribution >= 4 is 45.3 Å². The van der Waals surface area contributed by atoms with Crippen molar-refractivity contribution in [1.82, 2.24) is 29.7 Å². The number of aryl methyl sites for hydroxylation is 2. The second-order valence-corrected chi connectivity index (χ2v) is 8.02. The van der Waals surface area contributed by atoms with Gasteiger partial charge in [0, 0.05) is 36.0 Å². The van der Waals surface area contributed by atoms with E-state index < -0.39 is 0 Å². The molecule has 0 amide bonds. The summed E-state index contributed by atoms with van der Waals surface area (Å²) in [7, 11) is 1.96. The minimum atomic E-state index is 0.473.